The zero-order valence-electron chi connectivity index (χ0n) is 10.9. The Kier molecular flexibility index (Phi) is 3.66. The molecule has 102 valence electrons. The average molecular weight is 261 g/mol. The monoisotopic (exact) mass is 261 g/mol. The molecule has 0 aliphatic carbocycles. The van der Waals surface area contributed by atoms with Crippen LogP contribution in [0.2, 0.25) is 0 Å². The molecule has 2 fully saturated rings. The number of ether oxygens (including phenoxy) is 1. The number of anilines is 1. The van der Waals surface area contributed by atoms with Gasteiger partial charge in [0.15, 0.2) is 0 Å². The third-order valence-electron chi connectivity index (χ3n) is 3.61. The molecule has 2 heterocycles. The molecule has 0 bridgehead atoms. The van der Waals surface area contributed by atoms with Crippen molar-refractivity contribution in [3.8, 4) is 0 Å². The summed E-state index contributed by atoms with van der Waals surface area (Å²) in [6.07, 6.45) is -0.253. The van der Waals surface area contributed by atoms with Crippen molar-refractivity contribution in [2.45, 2.75) is 6.10 Å². The molecule has 3 rings (SSSR count). The van der Waals surface area contributed by atoms with Crippen molar-refractivity contribution in [3.63, 3.8) is 0 Å². The second-order valence-corrected chi connectivity index (χ2v) is 5.00. The van der Waals surface area contributed by atoms with Crippen molar-refractivity contribution in [1.82, 2.24) is 10.2 Å². The van der Waals surface area contributed by atoms with Crippen LogP contribution in [0.25, 0.3) is 0 Å². The molecule has 1 aromatic rings. The Balaban J connectivity index is 1.60. The van der Waals surface area contributed by atoms with Gasteiger partial charge in [-0.3, -0.25) is 9.80 Å². The number of cyclic esters (lactones) is 1. The van der Waals surface area contributed by atoms with E-state index in [2.05, 4.69) is 10.2 Å². The Hall–Kier alpha value is -1.59. The predicted molar refractivity (Wildman–Crippen MR) is 73.4 cm³/mol. The highest BCUT2D eigenvalue weighted by atomic mass is 16.6. The highest BCUT2D eigenvalue weighted by Gasteiger charge is 2.33. The van der Waals surface area contributed by atoms with E-state index in [1.54, 1.807) is 4.90 Å². The van der Waals surface area contributed by atoms with E-state index in [4.69, 9.17) is 4.74 Å². The summed E-state index contributed by atoms with van der Waals surface area (Å²) in [6, 6.07) is 9.70. The Morgan fingerprint density at radius 3 is 2.68 bits per heavy atom. The van der Waals surface area contributed by atoms with Gasteiger partial charge in [0.25, 0.3) is 0 Å². The van der Waals surface area contributed by atoms with Crippen LogP contribution in [0, 0.1) is 0 Å². The molecule has 1 unspecified atom stereocenters. The van der Waals surface area contributed by atoms with Gasteiger partial charge in [0.05, 0.1) is 6.54 Å². The highest BCUT2D eigenvalue weighted by molar-refractivity contribution is 5.89. The highest BCUT2D eigenvalue weighted by Crippen LogP contribution is 2.21. The van der Waals surface area contributed by atoms with Crippen LogP contribution in [0.1, 0.15) is 0 Å². The molecule has 0 spiro atoms. The third kappa shape index (κ3) is 2.88. The van der Waals surface area contributed by atoms with E-state index < -0.39 is 0 Å². The number of nitrogens with zero attached hydrogens (tertiary/aromatic N) is 2. The number of benzene rings is 1. The molecule has 1 atom stereocenters. The maximum absolute atomic E-state index is 11.9. The van der Waals surface area contributed by atoms with Crippen LogP contribution in [0.15, 0.2) is 30.3 Å². The number of hydrogen-bond acceptors (Lipinski definition) is 4. The molecule has 1 N–H and O–H groups in total. The molecular weight excluding hydrogens is 242 g/mol. The second-order valence-electron chi connectivity index (χ2n) is 5.00. The lowest BCUT2D eigenvalue weighted by atomic mass is 10.2. The van der Waals surface area contributed by atoms with Crippen LogP contribution in [0.4, 0.5) is 10.5 Å². The van der Waals surface area contributed by atoms with Gasteiger partial charge in [-0.2, -0.15) is 0 Å². The third-order valence-corrected chi connectivity index (χ3v) is 3.61. The molecule has 0 radical (unpaired) electrons. The minimum atomic E-state index is -0.230. The van der Waals surface area contributed by atoms with Gasteiger partial charge in [-0.05, 0) is 12.1 Å². The minimum absolute atomic E-state index is 0.0224. The quantitative estimate of drug-likeness (QED) is 0.878. The number of amides is 1. The average Bonchev–Trinajstić information content (AvgIpc) is 2.82. The lowest BCUT2D eigenvalue weighted by Crippen LogP contribution is -2.46. The first-order valence-electron chi connectivity index (χ1n) is 6.79. The van der Waals surface area contributed by atoms with Crippen molar-refractivity contribution in [2.75, 3.05) is 44.2 Å². The van der Waals surface area contributed by atoms with Gasteiger partial charge in [0, 0.05) is 38.4 Å². The molecule has 2 saturated heterocycles. The Labute approximate surface area is 113 Å². The van der Waals surface area contributed by atoms with Gasteiger partial charge >= 0.3 is 6.09 Å². The van der Waals surface area contributed by atoms with Crippen LogP contribution in [-0.4, -0.2) is 56.4 Å². The molecule has 2 aliphatic rings. The number of carbonyl (C=O) groups excluding carboxylic acids is 1. The van der Waals surface area contributed by atoms with Crippen molar-refractivity contribution in [3.05, 3.63) is 30.3 Å². The predicted octanol–water partition coefficient (Wildman–Crippen LogP) is 0.917. The molecule has 1 aromatic carbocycles. The lowest BCUT2D eigenvalue weighted by Gasteiger charge is -2.28. The van der Waals surface area contributed by atoms with Crippen molar-refractivity contribution >= 4 is 11.8 Å². The van der Waals surface area contributed by atoms with E-state index in [9.17, 15) is 4.79 Å². The number of carbonyl (C=O) groups is 1. The van der Waals surface area contributed by atoms with Crippen molar-refractivity contribution < 1.29 is 9.53 Å². The lowest BCUT2D eigenvalue weighted by molar-refractivity contribution is 0.104. The first-order chi connectivity index (χ1) is 9.33. The Morgan fingerprint density at radius 1 is 1.21 bits per heavy atom. The number of para-hydroxylation sites is 1. The van der Waals surface area contributed by atoms with Gasteiger partial charge in [0.1, 0.15) is 6.10 Å². The number of piperazine rings is 1. The van der Waals surface area contributed by atoms with Gasteiger partial charge < -0.3 is 10.1 Å². The topological polar surface area (TPSA) is 44.8 Å². The van der Waals surface area contributed by atoms with E-state index in [1.807, 2.05) is 30.3 Å². The molecule has 0 aromatic heterocycles. The SMILES string of the molecule is O=C1OC(CN2CCNCC2)CN1c1ccccc1. The molecule has 5 heteroatoms. The zero-order valence-corrected chi connectivity index (χ0v) is 10.9. The fourth-order valence-corrected chi connectivity index (χ4v) is 2.62. The smallest absolute Gasteiger partial charge is 0.414 e. The summed E-state index contributed by atoms with van der Waals surface area (Å²) in [6.45, 7) is 5.56. The molecular formula is C14H19N3O2. The first-order valence-corrected chi connectivity index (χ1v) is 6.79. The number of rotatable bonds is 3. The summed E-state index contributed by atoms with van der Waals surface area (Å²) in [5.41, 5.74) is 0.912. The summed E-state index contributed by atoms with van der Waals surface area (Å²) in [5.74, 6) is 0. The number of hydrogen-bond donors (Lipinski definition) is 1. The van der Waals surface area contributed by atoms with Crippen LogP contribution < -0.4 is 10.2 Å². The Bertz CT molecular complexity index is 432. The zero-order chi connectivity index (χ0) is 13.1. The van der Waals surface area contributed by atoms with Crippen molar-refractivity contribution in [2.24, 2.45) is 0 Å². The largest absolute Gasteiger partial charge is 0.443 e. The van der Waals surface area contributed by atoms with Crippen LogP contribution >= 0.6 is 0 Å². The van der Waals surface area contributed by atoms with Gasteiger partial charge in [-0.15, -0.1) is 0 Å². The first kappa shape index (κ1) is 12.4. The fraction of sp³-hybridized carbons (Fsp3) is 0.500. The standard InChI is InChI=1S/C14H19N3O2/c18-14-17(12-4-2-1-3-5-12)11-13(19-14)10-16-8-6-15-7-9-16/h1-5,13,15H,6-11H2. The van der Waals surface area contributed by atoms with Crippen LogP contribution in [-0.2, 0) is 4.74 Å². The maximum Gasteiger partial charge on any atom is 0.414 e. The van der Waals surface area contributed by atoms with E-state index >= 15 is 0 Å². The summed E-state index contributed by atoms with van der Waals surface area (Å²) in [7, 11) is 0. The summed E-state index contributed by atoms with van der Waals surface area (Å²) in [4.78, 5) is 16.0. The van der Waals surface area contributed by atoms with Crippen LogP contribution in [0.3, 0.4) is 0 Å². The van der Waals surface area contributed by atoms with E-state index in [1.165, 1.54) is 0 Å². The molecule has 2 aliphatic heterocycles. The van der Waals surface area contributed by atoms with E-state index in [-0.39, 0.29) is 12.2 Å². The van der Waals surface area contributed by atoms with Crippen molar-refractivity contribution in [1.29, 1.82) is 0 Å². The Morgan fingerprint density at radius 2 is 1.95 bits per heavy atom. The fourth-order valence-electron chi connectivity index (χ4n) is 2.62. The number of nitrogens with one attached hydrogen (secondary N) is 1. The summed E-state index contributed by atoms with van der Waals surface area (Å²) >= 11 is 0. The molecule has 19 heavy (non-hydrogen) atoms. The summed E-state index contributed by atoms with van der Waals surface area (Å²) in [5, 5.41) is 3.32. The van der Waals surface area contributed by atoms with Crippen LogP contribution in [0.5, 0.6) is 0 Å². The van der Waals surface area contributed by atoms with Gasteiger partial charge in [-0.1, -0.05) is 18.2 Å². The molecule has 1 amide bonds. The molecule has 0 saturated carbocycles. The second kappa shape index (κ2) is 5.59. The minimum Gasteiger partial charge on any atom is -0.443 e. The molecule has 5 nitrogen and oxygen atoms in total. The van der Waals surface area contributed by atoms with Gasteiger partial charge in [0.2, 0.25) is 0 Å². The maximum atomic E-state index is 11.9. The van der Waals surface area contributed by atoms with E-state index in [0.29, 0.717) is 6.54 Å². The van der Waals surface area contributed by atoms with Gasteiger partial charge in [-0.25, -0.2) is 4.79 Å². The normalized spacial score (nSPS) is 24.5. The van der Waals surface area contributed by atoms with E-state index in [0.717, 1.165) is 38.4 Å². The summed E-state index contributed by atoms with van der Waals surface area (Å²) < 4.78 is 5.46.